The van der Waals surface area contributed by atoms with E-state index >= 15 is 0 Å². The van der Waals surface area contributed by atoms with Crippen LogP contribution in [0.4, 0.5) is 5.69 Å². The van der Waals surface area contributed by atoms with Gasteiger partial charge in [-0.15, -0.1) is 0 Å². The van der Waals surface area contributed by atoms with Crippen LogP contribution < -0.4 is 15.4 Å². The van der Waals surface area contributed by atoms with Gasteiger partial charge in [-0.05, 0) is 48.4 Å². The van der Waals surface area contributed by atoms with Crippen molar-refractivity contribution in [3.05, 3.63) is 88.7 Å². The fourth-order valence-corrected chi connectivity index (χ4v) is 3.12. The highest BCUT2D eigenvalue weighted by Crippen LogP contribution is 2.23. The van der Waals surface area contributed by atoms with Gasteiger partial charge in [0.1, 0.15) is 11.3 Å². The van der Waals surface area contributed by atoms with E-state index in [9.17, 15) is 14.4 Å². The number of carbonyl (C=O) groups is 3. The number of methoxy groups -OCH3 is 2. The number of para-hydroxylation sites is 1. The Bertz CT molecular complexity index is 1150. The van der Waals surface area contributed by atoms with E-state index in [1.807, 2.05) is 13.0 Å². The number of esters is 1. The first kappa shape index (κ1) is 22.5. The minimum Gasteiger partial charge on any atom is -0.496 e. The van der Waals surface area contributed by atoms with Crippen LogP contribution in [0.3, 0.4) is 0 Å². The van der Waals surface area contributed by atoms with Gasteiger partial charge >= 0.3 is 5.97 Å². The van der Waals surface area contributed by atoms with Gasteiger partial charge in [-0.1, -0.05) is 18.2 Å². The van der Waals surface area contributed by atoms with Gasteiger partial charge in [-0.3, -0.25) is 14.6 Å². The van der Waals surface area contributed by atoms with Crippen LogP contribution in [-0.2, 0) is 11.3 Å². The monoisotopic (exact) mass is 433 g/mol. The SMILES string of the molecule is COC(=O)c1cc(CNC(=O)c2cccc(C)c2NC(=O)c2ccncc2)ccc1OC. The van der Waals surface area contributed by atoms with E-state index in [0.717, 1.165) is 5.56 Å². The van der Waals surface area contributed by atoms with Crippen LogP contribution in [0, 0.1) is 6.92 Å². The molecule has 0 aliphatic rings. The molecule has 0 bridgehead atoms. The first-order chi connectivity index (χ1) is 15.4. The van der Waals surface area contributed by atoms with Crippen LogP contribution in [0.2, 0.25) is 0 Å². The molecular formula is C24H23N3O5. The number of pyridine rings is 1. The summed E-state index contributed by atoms with van der Waals surface area (Å²) in [6.45, 7) is 1.98. The third-order valence-electron chi connectivity index (χ3n) is 4.82. The van der Waals surface area contributed by atoms with Gasteiger partial charge in [0.25, 0.3) is 11.8 Å². The van der Waals surface area contributed by atoms with E-state index in [2.05, 4.69) is 15.6 Å². The molecular weight excluding hydrogens is 410 g/mol. The Balaban J connectivity index is 1.78. The number of anilines is 1. The number of ether oxygens (including phenoxy) is 2. The van der Waals surface area contributed by atoms with Gasteiger partial charge in [0.05, 0.1) is 25.5 Å². The van der Waals surface area contributed by atoms with Gasteiger partial charge < -0.3 is 20.1 Å². The molecule has 0 unspecified atom stereocenters. The molecule has 1 heterocycles. The zero-order valence-electron chi connectivity index (χ0n) is 18.0. The molecule has 164 valence electrons. The summed E-state index contributed by atoms with van der Waals surface area (Å²) in [5.74, 6) is -0.857. The van der Waals surface area contributed by atoms with Crippen molar-refractivity contribution in [3.63, 3.8) is 0 Å². The molecule has 0 saturated heterocycles. The zero-order valence-corrected chi connectivity index (χ0v) is 18.0. The lowest BCUT2D eigenvalue weighted by atomic mass is 10.1. The third kappa shape index (κ3) is 5.10. The Morgan fingerprint density at radius 3 is 2.38 bits per heavy atom. The minimum absolute atomic E-state index is 0.165. The molecule has 2 N–H and O–H groups in total. The summed E-state index contributed by atoms with van der Waals surface area (Å²) in [6.07, 6.45) is 3.05. The summed E-state index contributed by atoms with van der Waals surface area (Å²) >= 11 is 0. The van der Waals surface area contributed by atoms with Crippen LogP contribution in [0.25, 0.3) is 0 Å². The third-order valence-corrected chi connectivity index (χ3v) is 4.82. The highest BCUT2D eigenvalue weighted by molar-refractivity contribution is 6.09. The Hall–Kier alpha value is -4.20. The van der Waals surface area contributed by atoms with E-state index in [1.54, 1.807) is 42.5 Å². The van der Waals surface area contributed by atoms with Gasteiger partial charge in [0.15, 0.2) is 0 Å². The molecule has 0 spiro atoms. The largest absolute Gasteiger partial charge is 0.496 e. The first-order valence-corrected chi connectivity index (χ1v) is 9.79. The lowest BCUT2D eigenvalue weighted by molar-refractivity contribution is 0.0596. The van der Waals surface area contributed by atoms with Crippen molar-refractivity contribution in [3.8, 4) is 5.75 Å². The maximum atomic E-state index is 12.9. The summed E-state index contributed by atoms with van der Waals surface area (Å²) in [5, 5.41) is 5.64. The number of hydrogen-bond donors (Lipinski definition) is 2. The van der Waals surface area contributed by atoms with Crippen LogP contribution in [-0.4, -0.2) is 37.0 Å². The van der Waals surface area contributed by atoms with Crippen molar-refractivity contribution in [2.24, 2.45) is 0 Å². The van der Waals surface area contributed by atoms with Crippen molar-refractivity contribution in [2.45, 2.75) is 13.5 Å². The highest BCUT2D eigenvalue weighted by atomic mass is 16.5. The second kappa shape index (κ2) is 10.2. The summed E-state index contributed by atoms with van der Waals surface area (Å²) in [5.41, 5.74) is 2.89. The van der Waals surface area contributed by atoms with E-state index in [0.29, 0.717) is 28.1 Å². The summed E-state index contributed by atoms with van der Waals surface area (Å²) in [6, 6.07) is 13.4. The number of aryl methyl sites for hydroxylation is 1. The van der Waals surface area contributed by atoms with Crippen LogP contribution >= 0.6 is 0 Å². The van der Waals surface area contributed by atoms with Gasteiger partial charge in [0.2, 0.25) is 0 Å². The maximum absolute atomic E-state index is 12.9. The molecule has 3 aromatic rings. The zero-order chi connectivity index (χ0) is 23.1. The molecule has 8 heteroatoms. The predicted octanol–water partition coefficient (Wildman–Crippen LogP) is 3.37. The molecule has 0 radical (unpaired) electrons. The van der Waals surface area contributed by atoms with Crippen LogP contribution in [0.5, 0.6) is 5.75 Å². The van der Waals surface area contributed by atoms with Gasteiger partial charge in [0, 0.05) is 24.5 Å². The van der Waals surface area contributed by atoms with E-state index < -0.39 is 5.97 Å². The minimum atomic E-state index is -0.533. The number of aromatic nitrogens is 1. The van der Waals surface area contributed by atoms with Crippen molar-refractivity contribution < 1.29 is 23.9 Å². The molecule has 0 aliphatic carbocycles. The maximum Gasteiger partial charge on any atom is 0.341 e. The van der Waals surface area contributed by atoms with Crippen LogP contribution in [0.15, 0.2) is 60.9 Å². The fourth-order valence-electron chi connectivity index (χ4n) is 3.12. The Morgan fingerprint density at radius 1 is 0.938 bits per heavy atom. The van der Waals surface area contributed by atoms with Gasteiger partial charge in [-0.25, -0.2) is 4.79 Å². The molecule has 1 aromatic heterocycles. The normalized spacial score (nSPS) is 10.2. The first-order valence-electron chi connectivity index (χ1n) is 9.79. The second-order valence-corrected chi connectivity index (χ2v) is 6.90. The average Bonchev–Trinajstić information content (AvgIpc) is 2.83. The van der Waals surface area contributed by atoms with E-state index in [-0.39, 0.29) is 23.9 Å². The number of rotatable bonds is 7. The fraction of sp³-hybridized carbons (Fsp3) is 0.167. The quantitative estimate of drug-likeness (QED) is 0.554. The standard InChI is InChI=1S/C24H23N3O5/c1-15-5-4-6-18(21(15)27-22(28)17-9-11-25-12-10-17)23(29)26-14-16-7-8-20(31-2)19(13-16)24(30)32-3/h4-13H,14H2,1-3H3,(H,26,29)(H,27,28). The lowest BCUT2D eigenvalue weighted by Crippen LogP contribution is -2.25. The molecule has 2 aromatic carbocycles. The van der Waals surface area contributed by atoms with E-state index in [1.165, 1.54) is 26.6 Å². The summed E-state index contributed by atoms with van der Waals surface area (Å²) in [4.78, 5) is 41.4. The lowest BCUT2D eigenvalue weighted by Gasteiger charge is -2.15. The van der Waals surface area contributed by atoms with E-state index in [4.69, 9.17) is 9.47 Å². The molecule has 0 fully saturated rings. The van der Waals surface area contributed by atoms with Crippen molar-refractivity contribution in [1.29, 1.82) is 0 Å². The van der Waals surface area contributed by atoms with Gasteiger partial charge in [-0.2, -0.15) is 0 Å². The number of carbonyl (C=O) groups excluding carboxylic acids is 3. The number of nitrogens with zero attached hydrogens (tertiary/aromatic N) is 1. The number of amides is 2. The smallest absolute Gasteiger partial charge is 0.341 e. The molecule has 0 atom stereocenters. The molecule has 2 amide bonds. The van der Waals surface area contributed by atoms with Crippen molar-refractivity contribution in [1.82, 2.24) is 10.3 Å². The predicted molar refractivity (Wildman–Crippen MR) is 119 cm³/mol. The molecule has 32 heavy (non-hydrogen) atoms. The summed E-state index contributed by atoms with van der Waals surface area (Å²) < 4.78 is 9.97. The Labute approximate surface area is 185 Å². The second-order valence-electron chi connectivity index (χ2n) is 6.90. The number of benzene rings is 2. The summed E-state index contributed by atoms with van der Waals surface area (Å²) in [7, 11) is 2.75. The topological polar surface area (TPSA) is 107 Å². The molecule has 8 nitrogen and oxygen atoms in total. The van der Waals surface area contributed by atoms with Crippen molar-refractivity contribution >= 4 is 23.5 Å². The van der Waals surface area contributed by atoms with Crippen molar-refractivity contribution in [2.75, 3.05) is 19.5 Å². The average molecular weight is 433 g/mol. The number of hydrogen-bond acceptors (Lipinski definition) is 6. The number of nitrogens with one attached hydrogen (secondary N) is 2. The van der Waals surface area contributed by atoms with Crippen LogP contribution in [0.1, 0.15) is 42.2 Å². The highest BCUT2D eigenvalue weighted by Gasteiger charge is 2.17. The molecule has 3 rings (SSSR count). The Kier molecular flexibility index (Phi) is 7.17. The molecule has 0 saturated carbocycles. The molecule has 0 aliphatic heterocycles. The Morgan fingerprint density at radius 2 is 1.69 bits per heavy atom.